The third-order valence-electron chi connectivity index (χ3n) is 4.34. The molecule has 0 aliphatic rings. The standard InChI is InChI=1S/C22H19N3O2S3/c1-14-24-18(13-29-14)19-9-8-17(30-19)10-11-23-21(26)15-4-6-16(7-5-15)25-22(27)20-3-2-12-28-20/h2-9,12-13H,10-11H2,1H3,(H,23,26)(H,25,27). The number of nitrogens with zero attached hydrogens (tertiary/aromatic N) is 1. The van der Waals surface area contributed by atoms with Crippen LogP contribution in [0.15, 0.2) is 59.3 Å². The maximum atomic E-state index is 12.4. The molecule has 1 aromatic carbocycles. The van der Waals surface area contributed by atoms with E-state index in [1.54, 1.807) is 53.0 Å². The number of hydrogen-bond acceptors (Lipinski definition) is 6. The summed E-state index contributed by atoms with van der Waals surface area (Å²) in [6, 6.07) is 14.7. The highest BCUT2D eigenvalue weighted by molar-refractivity contribution is 7.16. The van der Waals surface area contributed by atoms with Crippen molar-refractivity contribution in [3.8, 4) is 10.6 Å². The molecule has 8 heteroatoms. The predicted octanol–water partition coefficient (Wildman–Crippen LogP) is 5.47. The van der Waals surface area contributed by atoms with Gasteiger partial charge in [-0.05, 0) is 61.2 Å². The molecule has 4 aromatic rings. The van der Waals surface area contributed by atoms with Crippen LogP contribution < -0.4 is 10.6 Å². The number of carbonyl (C=O) groups excluding carboxylic acids is 2. The molecule has 152 valence electrons. The second-order valence-electron chi connectivity index (χ2n) is 6.53. The lowest BCUT2D eigenvalue weighted by atomic mass is 10.2. The largest absolute Gasteiger partial charge is 0.352 e. The number of nitrogens with one attached hydrogen (secondary N) is 2. The molecule has 0 bridgehead atoms. The van der Waals surface area contributed by atoms with Crippen molar-refractivity contribution in [1.82, 2.24) is 10.3 Å². The summed E-state index contributed by atoms with van der Waals surface area (Å²) >= 11 is 4.74. The van der Waals surface area contributed by atoms with Gasteiger partial charge in [-0.3, -0.25) is 9.59 Å². The fourth-order valence-electron chi connectivity index (χ4n) is 2.83. The molecule has 0 aliphatic heterocycles. The Balaban J connectivity index is 1.27. The molecule has 0 aliphatic carbocycles. The van der Waals surface area contributed by atoms with E-state index in [1.807, 2.05) is 18.4 Å². The Hall–Kier alpha value is -2.81. The van der Waals surface area contributed by atoms with Gasteiger partial charge in [0.15, 0.2) is 0 Å². The number of amides is 2. The summed E-state index contributed by atoms with van der Waals surface area (Å²) in [7, 11) is 0. The molecule has 2 amide bonds. The third-order valence-corrected chi connectivity index (χ3v) is 7.15. The van der Waals surface area contributed by atoms with Gasteiger partial charge in [0.25, 0.3) is 11.8 Å². The van der Waals surface area contributed by atoms with Gasteiger partial charge in [-0.2, -0.15) is 0 Å². The number of aromatic nitrogens is 1. The number of rotatable bonds is 7. The first-order valence-electron chi connectivity index (χ1n) is 9.33. The second kappa shape index (κ2) is 9.34. The minimum Gasteiger partial charge on any atom is -0.352 e. The van der Waals surface area contributed by atoms with Crippen LogP contribution in [0.25, 0.3) is 10.6 Å². The predicted molar refractivity (Wildman–Crippen MR) is 125 cm³/mol. The van der Waals surface area contributed by atoms with Gasteiger partial charge in [0, 0.05) is 28.1 Å². The maximum absolute atomic E-state index is 12.4. The Morgan fingerprint density at radius 2 is 1.83 bits per heavy atom. The Labute approximate surface area is 186 Å². The molecule has 2 N–H and O–H groups in total. The average Bonchev–Trinajstić information content (AvgIpc) is 3.50. The van der Waals surface area contributed by atoms with Gasteiger partial charge < -0.3 is 10.6 Å². The first-order chi connectivity index (χ1) is 14.6. The van der Waals surface area contributed by atoms with Crippen LogP contribution in [0.5, 0.6) is 0 Å². The van der Waals surface area contributed by atoms with Crippen LogP contribution in [0.4, 0.5) is 5.69 Å². The van der Waals surface area contributed by atoms with Crippen LogP contribution in [0, 0.1) is 6.92 Å². The highest BCUT2D eigenvalue weighted by Gasteiger charge is 2.10. The quantitative estimate of drug-likeness (QED) is 0.390. The number of carbonyl (C=O) groups is 2. The molecule has 3 aromatic heterocycles. The number of aryl methyl sites for hydroxylation is 1. The van der Waals surface area contributed by atoms with E-state index in [2.05, 4.69) is 33.1 Å². The summed E-state index contributed by atoms with van der Waals surface area (Å²) in [5, 5.41) is 10.8. The molecule has 0 atom stereocenters. The van der Waals surface area contributed by atoms with Gasteiger partial charge in [-0.25, -0.2) is 4.98 Å². The second-order valence-corrected chi connectivity index (χ2v) is 9.71. The van der Waals surface area contributed by atoms with Gasteiger partial charge in [0.05, 0.1) is 20.5 Å². The molecule has 0 unspecified atom stereocenters. The van der Waals surface area contributed by atoms with E-state index in [0.29, 0.717) is 22.7 Å². The van der Waals surface area contributed by atoms with Gasteiger partial charge >= 0.3 is 0 Å². The fourth-order valence-corrected chi connectivity index (χ4v) is 5.11. The first-order valence-corrected chi connectivity index (χ1v) is 11.9. The Kier molecular flexibility index (Phi) is 6.37. The summed E-state index contributed by atoms with van der Waals surface area (Å²) in [5.41, 5.74) is 2.24. The number of hydrogen-bond donors (Lipinski definition) is 2. The zero-order valence-corrected chi connectivity index (χ0v) is 18.6. The van der Waals surface area contributed by atoms with Gasteiger partial charge in [-0.15, -0.1) is 34.0 Å². The SMILES string of the molecule is Cc1nc(-c2ccc(CCNC(=O)c3ccc(NC(=O)c4cccs4)cc3)s2)cs1. The molecule has 30 heavy (non-hydrogen) atoms. The maximum Gasteiger partial charge on any atom is 0.265 e. The lowest BCUT2D eigenvalue weighted by Crippen LogP contribution is -2.25. The molecule has 3 heterocycles. The number of thiophene rings is 2. The summed E-state index contributed by atoms with van der Waals surface area (Å²) in [4.78, 5) is 32.0. The molecular formula is C22H19N3O2S3. The van der Waals surface area contributed by atoms with Crippen molar-refractivity contribution in [3.05, 3.63) is 79.6 Å². The third kappa shape index (κ3) is 5.02. The first kappa shape index (κ1) is 20.5. The topological polar surface area (TPSA) is 71.1 Å². The average molecular weight is 454 g/mol. The Bertz CT molecular complexity index is 1140. The summed E-state index contributed by atoms with van der Waals surface area (Å²) in [6.07, 6.45) is 0.772. The summed E-state index contributed by atoms with van der Waals surface area (Å²) in [5.74, 6) is -0.275. The van der Waals surface area contributed by atoms with Crippen molar-refractivity contribution < 1.29 is 9.59 Å². The minimum atomic E-state index is -0.148. The zero-order chi connectivity index (χ0) is 20.9. The Morgan fingerprint density at radius 3 is 2.53 bits per heavy atom. The van der Waals surface area contributed by atoms with Crippen LogP contribution >= 0.6 is 34.0 Å². The van der Waals surface area contributed by atoms with Crippen molar-refractivity contribution in [3.63, 3.8) is 0 Å². The molecule has 5 nitrogen and oxygen atoms in total. The molecule has 4 rings (SSSR count). The number of benzene rings is 1. The fraction of sp³-hybridized carbons (Fsp3) is 0.136. The van der Waals surface area contributed by atoms with Gasteiger partial charge in [0.2, 0.25) is 0 Å². The summed E-state index contributed by atoms with van der Waals surface area (Å²) < 4.78 is 0. The van der Waals surface area contributed by atoms with Crippen molar-refractivity contribution in [2.75, 3.05) is 11.9 Å². The van der Waals surface area contributed by atoms with E-state index in [9.17, 15) is 9.59 Å². The van der Waals surface area contributed by atoms with Crippen LogP contribution in [0.1, 0.15) is 29.9 Å². The molecule has 0 saturated heterocycles. The van der Waals surface area contributed by atoms with E-state index in [-0.39, 0.29) is 11.8 Å². The summed E-state index contributed by atoms with van der Waals surface area (Å²) in [6.45, 7) is 2.56. The van der Waals surface area contributed by atoms with Crippen LogP contribution in [0.3, 0.4) is 0 Å². The molecular weight excluding hydrogens is 434 g/mol. The lowest BCUT2D eigenvalue weighted by molar-refractivity contribution is 0.0953. The van der Waals surface area contributed by atoms with Gasteiger partial charge in [-0.1, -0.05) is 6.07 Å². The minimum absolute atomic E-state index is 0.127. The van der Waals surface area contributed by atoms with Crippen LogP contribution in [0.2, 0.25) is 0 Å². The van der Waals surface area contributed by atoms with Crippen molar-refractivity contribution >= 4 is 51.5 Å². The zero-order valence-electron chi connectivity index (χ0n) is 16.2. The smallest absolute Gasteiger partial charge is 0.265 e. The molecule has 0 radical (unpaired) electrons. The van der Waals surface area contributed by atoms with E-state index >= 15 is 0 Å². The van der Waals surface area contributed by atoms with E-state index in [1.165, 1.54) is 16.2 Å². The van der Waals surface area contributed by atoms with Crippen LogP contribution in [-0.2, 0) is 6.42 Å². The van der Waals surface area contributed by atoms with Gasteiger partial charge in [0.1, 0.15) is 0 Å². The molecule has 0 saturated carbocycles. The van der Waals surface area contributed by atoms with E-state index < -0.39 is 0 Å². The Morgan fingerprint density at radius 1 is 1.00 bits per heavy atom. The van der Waals surface area contributed by atoms with E-state index in [0.717, 1.165) is 22.0 Å². The molecule has 0 fully saturated rings. The molecule has 0 spiro atoms. The highest BCUT2D eigenvalue weighted by Crippen LogP contribution is 2.29. The lowest BCUT2D eigenvalue weighted by Gasteiger charge is -2.07. The highest BCUT2D eigenvalue weighted by atomic mass is 32.1. The number of anilines is 1. The monoisotopic (exact) mass is 453 g/mol. The normalized spacial score (nSPS) is 10.7. The van der Waals surface area contributed by atoms with Crippen molar-refractivity contribution in [2.45, 2.75) is 13.3 Å². The number of thiazole rings is 1. The van der Waals surface area contributed by atoms with Crippen molar-refractivity contribution in [2.24, 2.45) is 0 Å². The van der Waals surface area contributed by atoms with Crippen molar-refractivity contribution in [1.29, 1.82) is 0 Å². The van der Waals surface area contributed by atoms with Crippen LogP contribution in [-0.4, -0.2) is 23.3 Å². The van der Waals surface area contributed by atoms with E-state index in [4.69, 9.17) is 0 Å².